The van der Waals surface area contributed by atoms with Gasteiger partial charge in [0.25, 0.3) is 5.88 Å². The summed E-state index contributed by atoms with van der Waals surface area (Å²) < 4.78 is 5.47. The summed E-state index contributed by atoms with van der Waals surface area (Å²) in [6, 6.07) is 6.63. The molecule has 0 amide bonds. The SMILES string of the molecule is Cc1nnc(Oc2cccc(O)c2N)c(C#N)c1C. The molecule has 6 nitrogen and oxygen atoms in total. The van der Waals surface area contributed by atoms with Crippen LogP contribution in [0.15, 0.2) is 18.2 Å². The maximum atomic E-state index is 9.50. The van der Waals surface area contributed by atoms with E-state index in [4.69, 9.17) is 15.7 Å². The lowest BCUT2D eigenvalue weighted by molar-refractivity contribution is 0.442. The third kappa shape index (κ3) is 2.26. The standard InChI is InChI=1S/C13H12N4O2/c1-7-8(2)16-17-13(9(7)6-14)19-11-5-3-4-10(18)12(11)15/h3-5,18H,15H2,1-2H3. The van der Waals surface area contributed by atoms with Crippen LogP contribution in [-0.2, 0) is 0 Å². The minimum atomic E-state index is -0.0900. The quantitative estimate of drug-likeness (QED) is 0.629. The van der Waals surface area contributed by atoms with E-state index in [0.717, 1.165) is 0 Å². The van der Waals surface area contributed by atoms with Gasteiger partial charge >= 0.3 is 0 Å². The number of nitrogens with two attached hydrogens (primary N) is 1. The van der Waals surface area contributed by atoms with Crippen LogP contribution in [0, 0.1) is 25.2 Å². The summed E-state index contributed by atoms with van der Waals surface area (Å²) in [5.41, 5.74) is 7.43. The van der Waals surface area contributed by atoms with Crippen LogP contribution in [0.3, 0.4) is 0 Å². The molecule has 0 aliphatic rings. The van der Waals surface area contributed by atoms with E-state index < -0.39 is 0 Å². The minimum absolute atomic E-state index is 0.0721. The van der Waals surface area contributed by atoms with E-state index in [-0.39, 0.29) is 23.1 Å². The highest BCUT2D eigenvalue weighted by Crippen LogP contribution is 2.34. The first kappa shape index (κ1) is 12.6. The Labute approximate surface area is 110 Å². The zero-order valence-corrected chi connectivity index (χ0v) is 10.5. The van der Waals surface area contributed by atoms with Gasteiger partial charge in [0, 0.05) is 0 Å². The number of ether oxygens (including phenoxy) is 1. The molecular formula is C13H12N4O2. The third-order valence-electron chi connectivity index (χ3n) is 2.78. The van der Waals surface area contributed by atoms with E-state index >= 15 is 0 Å². The van der Waals surface area contributed by atoms with Gasteiger partial charge in [-0.1, -0.05) is 6.07 Å². The first-order valence-corrected chi connectivity index (χ1v) is 5.54. The molecule has 6 heteroatoms. The molecule has 0 unspecified atom stereocenters. The molecule has 0 saturated heterocycles. The monoisotopic (exact) mass is 256 g/mol. The number of nitrogen functional groups attached to an aromatic ring is 1. The van der Waals surface area contributed by atoms with Crippen LogP contribution >= 0.6 is 0 Å². The molecule has 19 heavy (non-hydrogen) atoms. The largest absolute Gasteiger partial charge is 0.506 e. The van der Waals surface area contributed by atoms with E-state index in [1.165, 1.54) is 6.07 Å². The van der Waals surface area contributed by atoms with Crippen LogP contribution < -0.4 is 10.5 Å². The lowest BCUT2D eigenvalue weighted by atomic mass is 10.1. The first-order valence-electron chi connectivity index (χ1n) is 5.54. The van der Waals surface area contributed by atoms with Gasteiger partial charge in [0.1, 0.15) is 23.1 Å². The predicted octanol–water partition coefficient (Wildman–Crippen LogP) is 2.05. The fraction of sp³-hybridized carbons (Fsp3) is 0.154. The van der Waals surface area contributed by atoms with Crippen molar-refractivity contribution in [1.82, 2.24) is 10.2 Å². The summed E-state index contributed by atoms with van der Waals surface area (Å²) in [6.07, 6.45) is 0. The van der Waals surface area contributed by atoms with E-state index in [0.29, 0.717) is 16.8 Å². The molecular weight excluding hydrogens is 244 g/mol. The van der Waals surface area contributed by atoms with Crippen LogP contribution in [0.1, 0.15) is 16.8 Å². The van der Waals surface area contributed by atoms with Gasteiger partial charge in [0.2, 0.25) is 0 Å². The number of rotatable bonds is 2. The Morgan fingerprint density at radius 1 is 1.32 bits per heavy atom. The number of anilines is 1. The van der Waals surface area contributed by atoms with Crippen molar-refractivity contribution in [3.8, 4) is 23.4 Å². The average Bonchev–Trinajstić information content (AvgIpc) is 2.39. The molecule has 1 aromatic heterocycles. The number of nitriles is 1. The van der Waals surface area contributed by atoms with E-state index in [9.17, 15) is 5.11 Å². The van der Waals surface area contributed by atoms with Crippen molar-refractivity contribution < 1.29 is 9.84 Å². The molecule has 0 atom stereocenters. The number of para-hydroxylation sites is 1. The third-order valence-corrected chi connectivity index (χ3v) is 2.78. The molecule has 0 radical (unpaired) electrons. The number of benzene rings is 1. The van der Waals surface area contributed by atoms with Crippen LogP contribution in [-0.4, -0.2) is 15.3 Å². The number of hydrogen-bond donors (Lipinski definition) is 2. The number of aromatic hydroxyl groups is 1. The number of nitrogens with zero attached hydrogens (tertiary/aromatic N) is 3. The van der Waals surface area contributed by atoms with Crippen molar-refractivity contribution in [2.45, 2.75) is 13.8 Å². The normalized spacial score (nSPS) is 9.95. The average molecular weight is 256 g/mol. The molecule has 1 aromatic carbocycles. The fourth-order valence-electron chi connectivity index (χ4n) is 1.52. The van der Waals surface area contributed by atoms with Crippen LogP contribution in [0.4, 0.5) is 5.69 Å². The topological polar surface area (TPSA) is 105 Å². The van der Waals surface area contributed by atoms with Crippen molar-refractivity contribution in [2.24, 2.45) is 0 Å². The van der Waals surface area contributed by atoms with E-state index in [1.807, 2.05) is 6.07 Å². The molecule has 2 rings (SSSR count). The van der Waals surface area contributed by atoms with Gasteiger partial charge < -0.3 is 15.6 Å². The highest BCUT2D eigenvalue weighted by molar-refractivity contribution is 5.63. The molecule has 0 aliphatic carbocycles. The zero-order valence-electron chi connectivity index (χ0n) is 10.5. The van der Waals surface area contributed by atoms with Crippen LogP contribution in [0.2, 0.25) is 0 Å². The Bertz CT molecular complexity index is 677. The Hall–Kier alpha value is -2.81. The number of aryl methyl sites for hydroxylation is 1. The Morgan fingerprint density at radius 3 is 2.74 bits per heavy atom. The highest BCUT2D eigenvalue weighted by Gasteiger charge is 2.14. The number of hydrogen-bond acceptors (Lipinski definition) is 6. The lowest BCUT2D eigenvalue weighted by Gasteiger charge is -2.10. The van der Waals surface area contributed by atoms with Gasteiger partial charge in [0.15, 0.2) is 5.75 Å². The second-order valence-electron chi connectivity index (χ2n) is 3.99. The van der Waals surface area contributed by atoms with Gasteiger partial charge in [-0.15, -0.1) is 5.10 Å². The molecule has 1 heterocycles. The fourth-order valence-corrected chi connectivity index (χ4v) is 1.52. The molecule has 0 bridgehead atoms. The second kappa shape index (κ2) is 4.82. The molecule has 0 fully saturated rings. The molecule has 96 valence electrons. The first-order chi connectivity index (χ1) is 9.04. The van der Waals surface area contributed by atoms with Crippen molar-refractivity contribution >= 4 is 5.69 Å². The smallest absolute Gasteiger partial charge is 0.257 e. The second-order valence-corrected chi connectivity index (χ2v) is 3.99. The Balaban J connectivity index is 2.48. The highest BCUT2D eigenvalue weighted by atomic mass is 16.5. The Kier molecular flexibility index (Phi) is 3.21. The van der Waals surface area contributed by atoms with Crippen molar-refractivity contribution in [1.29, 1.82) is 5.26 Å². The van der Waals surface area contributed by atoms with Crippen molar-refractivity contribution in [3.63, 3.8) is 0 Å². The van der Waals surface area contributed by atoms with Gasteiger partial charge in [0.05, 0.1) is 5.69 Å². The zero-order chi connectivity index (χ0) is 14.0. The molecule has 0 spiro atoms. The minimum Gasteiger partial charge on any atom is -0.506 e. The van der Waals surface area contributed by atoms with Crippen LogP contribution in [0.5, 0.6) is 17.4 Å². The van der Waals surface area contributed by atoms with Crippen molar-refractivity contribution in [2.75, 3.05) is 5.73 Å². The summed E-state index contributed by atoms with van der Waals surface area (Å²) in [7, 11) is 0. The number of phenolic OH excluding ortho intramolecular Hbond substituents is 1. The molecule has 0 aliphatic heterocycles. The lowest BCUT2D eigenvalue weighted by Crippen LogP contribution is -2.01. The van der Waals surface area contributed by atoms with Gasteiger partial charge in [-0.25, -0.2) is 0 Å². The van der Waals surface area contributed by atoms with E-state index in [2.05, 4.69) is 10.2 Å². The van der Waals surface area contributed by atoms with E-state index in [1.54, 1.807) is 26.0 Å². The summed E-state index contributed by atoms with van der Waals surface area (Å²) >= 11 is 0. The molecule has 2 aromatic rings. The summed E-state index contributed by atoms with van der Waals surface area (Å²) in [6.45, 7) is 3.52. The maximum absolute atomic E-state index is 9.50. The van der Waals surface area contributed by atoms with Gasteiger partial charge in [-0.2, -0.15) is 10.4 Å². The molecule has 0 saturated carbocycles. The summed E-state index contributed by atoms with van der Waals surface area (Å²) in [5.74, 6) is 0.213. The van der Waals surface area contributed by atoms with Gasteiger partial charge in [-0.05, 0) is 31.5 Å². The number of aromatic nitrogens is 2. The number of phenols is 1. The van der Waals surface area contributed by atoms with Crippen molar-refractivity contribution in [3.05, 3.63) is 35.0 Å². The maximum Gasteiger partial charge on any atom is 0.257 e. The van der Waals surface area contributed by atoms with Crippen LogP contribution in [0.25, 0.3) is 0 Å². The summed E-state index contributed by atoms with van der Waals surface area (Å²) in [4.78, 5) is 0. The van der Waals surface area contributed by atoms with Gasteiger partial charge in [-0.3, -0.25) is 0 Å². The predicted molar refractivity (Wildman–Crippen MR) is 68.8 cm³/mol. The summed E-state index contributed by atoms with van der Waals surface area (Å²) in [5, 5.41) is 26.4. The molecule has 3 N–H and O–H groups in total. The Morgan fingerprint density at radius 2 is 2.05 bits per heavy atom.